The van der Waals surface area contributed by atoms with Gasteiger partial charge in [0.2, 0.25) is 0 Å². The molecule has 8 nitrogen and oxygen atoms in total. The number of nitrogens with one attached hydrogen (secondary N) is 1. The first-order valence-corrected chi connectivity index (χ1v) is 9.12. The minimum absolute atomic E-state index is 0.120. The van der Waals surface area contributed by atoms with Crippen LogP contribution in [0.3, 0.4) is 0 Å². The van der Waals surface area contributed by atoms with E-state index in [1.165, 1.54) is 23.2 Å². The van der Waals surface area contributed by atoms with E-state index in [2.05, 4.69) is 39.5 Å². The SMILES string of the molecule is O=C(/C=C/c1cn([C@H]2C[C@@H](CO)N(CCCc3ccccc3)C2)nn1)NO. The Bertz CT molecular complexity index is 762. The van der Waals surface area contributed by atoms with Crippen molar-refractivity contribution in [1.29, 1.82) is 0 Å². The maximum absolute atomic E-state index is 11.0. The molecule has 1 aliphatic heterocycles. The molecular weight excluding hydrogens is 346 g/mol. The number of carbonyl (C=O) groups is 1. The number of nitrogens with zero attached hydrogens (tertiary/aromatic N) is 4. The van der Waals surface area contributed by atoms with Gasteiger partial charge in [0.25, 0.3) is 5.91 Å². The second-order valence-corrected chi connectivity index (χ2v) is 6.74. The first-order chi connectivity index (χ1) is 13.2. The number of hydrogen-bond acceptors (Lipinski definition) is 6. The first-order valence-electron chi connectivity index (χ1n) is 9.12. The molecule has 2 aromatic rings. The number of aryl methyl sites for hydroxylation is 1. The van der Waals surface area contributed by atoms with Crippen molar-refractivity contribution < 1.29 is 15.1 Å². The second kappa shape index (κ2) is 9.40. The fourth-order valence-electron chi connectivity index (χ4n) is 3.49. The van der Waals surface area contributed by atoms with Gasteiger partial charge in [-0.3, -0.25) is 14.9 Å². The largest absolute Gasteiger partial charge is 0.395 e. The molecule has 144 valence electrons. The lowest BCUT2D eigenvalue weighted by molar-refractivity contribution is -0.124. The number of aliphatic hydroxyl groups is 1. The topological polar surface area (TPSA) is 104 Å². The predicted molar refractivity (Wildman–Crippen MR) is 99.8 cm³/mol. The molecule has 3 N–H and O–H groups in total. The van der Waals surface area contributed by atoms with Gasteiger partial charge in [0, 0.05) is 18.7 Å². The van der Waals surface area contributed by atoms with Crippen molar-refractivity contribution in [2.45, 2.75) is 31.3 Å². The van der Waals surface area contributed by atoms with E-state index in [4.69, 9.17) is 5.21 Å². The zero-order chi connectivity index (χ0) is 19.1. The monoisotopic (exact) mass is 371 g/mol. The van der Waals surface area contributed by atoms with E-state index in [1.54, 1.807) is 10.9 Å². The number of aliphatic hydroxyl groups excluding tert-OH is 1. The highest BCUT2D eigenvalue weighted by molar-refractivity contribution is 5.90. The van der Waals surface area contributed by atoms with Crippen LogP contribution in [-0.2, 0) is 11.2 Å². The van der Waals surface area contributed by atoms with Crippen LogP contribution in [0.2, 0.25) is 0 Å². The molecule has 27 heavy (non-hydrogen) atoms. The van der Waals surface area contributed by atoms with Gasteiger partial charge in [0.05, 0.1) is 18.8 Å². The summed E-state index contributed by atoms with van der Waals surface area (Å²) in [5.74, 6) is -0.615. The molecule has 1 amide bonds. The average molecular weight is 371 g/mol. The lowest BCUT2D eigenvalue weighted by Crippen LogP contribution is -2.33. The zero-order valence-electron chi connectivity index (χ0n) is 15.1. The highest BCUT2D eigenvalue weighted by Crippen LogP contribution is 2.27. The van der Waals surface area contributed by atoms with Crippen LogP contribution in [0.25, 0.3) is 6.08 Å². The number of hydrogen-bond donors (Lipinski definition) is 3. The first kappa shape index (κ1) is 19.2. The van der Waals surface area contributed by atoms with Crippen molar-refractivity contribution in [3.8, 4) is 0 Å². The summed E-state index contributed by atoms with van der Waals surface area (Å²) in [6.45, 7) is 1.86. The van der Waals surface area contributed by atoms with Gasteiger partial charge < -0.3 is 5.11 Å². The Kier molecular flexibility index (Phi) is 6.69. The third-order valence-corrected chi connectivity index (χ3v) is 4.89. The summed E-state index contributed by atoms with van der Waals surface area (Å²) in [7, 11) is 0. The smallest absolute Gasteiger partial charge is 0.267 e. The van der Waals surface area contributed by atoms with Crippen LogP contribution in [0.5, 0.6) is 0 Å². The third-order valence-electron chi connectivity index (χ3n) is 4.89. The number of benzene rings is 1. The molecule has 2 atom stereocenters. The molecule has 1 saturated heterocycles. The number of aromatic nitrogens is 3. The van der Waals surface area contributed by atoms with Crippen LogP contribution in [0.1, 0.15) is 30.1 Å². The van der Waals surface area contributed by atoms with Gasteiger partial charge in [0.15, 0.2) is 0 Å². The summed E-state index contributed by atoms with van der Waals surface area (Å²) in [4.78, 5) is 13.3. The highest BCUT2D eigenvalue weighted by Gasteiger charge is 2.32. The molecule has 2 heterocycles. The Labute approximate surface area is 158 Å². The van der Waals surface area contributed by atoms with E-state index in [-0.39, 0.29) is 18.7 Å². The van der Waals surface area contributed by atoms with Crippen LogP contribution in [-0.4, -0.2) is 61.9 Å². The van der Waals surface area contributed by atoms with Crippen LogP contribution in [0, 0.1) is 0 Å². The fraction of sp³-hybridized carbons (Fsp3) is 0.421. The molecular formula is C19H25N5O3. The van der Waals surface area contributed by atoms with E-state index in [0.29, 0.717) is 5.69 Å². The van der Waals surface area contributed by atoms with E-state index in [9.17, 15) is 9.90 Å². The Hall–Kier alpha value is -2.55. The Morgan fingerprint density at radius 1 is 1.33 bits per heavy atom. The van der Waals surface area contributed by atoms with Crippen molar-refractivity contribution in [2.75, 3.05) is 19.7 Å². The average Bonchev–Trinajstić information content (AvgIpc) is 3.33. The Morgan fingerprint density at radius 2 is 2.15 bits per heavy atom. The molecule has 0 unspecified atom stereocenters. The molecule has 0 bridgehead atoms. The number of carbonyl (C=O) groups excluding carboxylic acids is 1. The predicted octanol–water partition coefficient (Wildman–Crippen LogP) is 1.04. The lowest BCUT2D eigenvalue weighted by atomic mass is 10.1. The van der Waals surface area contributed by atoms with Crippen molar-refractivity contribution in [2.24, 2.45) is 0 Å². The molecule has 1 aromatic carbocycles. The van der Waals surface area contributed by atoms with Crippen molar-refractivity contribution >= 4 is 12.0 Å². The number of likely N-dealkylation sites (tertiary alicyclic amines) is 1. The molecule has 0 radical (unpaired) electrons. The molecule has 0 saturated carbocycles. The maximum Gasteiger partial charge on any atom is 0.267 e. The van der Waals surface area contributed by atoms with Gasteiger partial charge in [0.1, 0.15) is 5.69 Å². The molecule has 3 rings (SSSR count). The summed E-state index contributed by atoms with van der Waals surface area (Å²) >= 11 is 0. The normalized spacial score (nSPS) is 20.4. The number of amides is 1. The van der Waals surface area contributed by atoms with Crippen molar-refractivity contribution in [3.63, 3.8) is 0 Å². The molecule has 1 aliphatic rings. The van der Waals surface area contributed by atoms with E-state index in [1.807, 2.05) is 6.07 Å². The van der Waals surface area contributed by atoms with Gasteiger partial charge in [-0.1, -0.05) is 35.5 Å². The minimum atomic E-state index is -0.615. The maximum atomic E-state index is 11.0. The quantitative estimate of drug-likeness (QED) is 0.364. The standard InChI is InChI=1S/C19H25N5O3/c25-14-18-11-17(24-12-16(20-22-24)8-9-19(26)21-27)13-23(18)10-4-7-15-5-2-1-3-6-15/h1-3,5-6,8-9,12,17-18,25,27H,4,7,10-11,13-14H2,(H,21,26)/b9-8+/t17-,18-/m0/s1. The van der Waals surface area contributed by atoms with Crippen LogP contribution >= 0.6 is 0 Å². The zero-order valence-corrected chi connectivity index (χ0v) is 15.1. The number of hydroxylamine groups is 1. The Balaban J connectivity index is 1.55. The molecule has 1 fully saturated rings. The van der Waals surface area contributed by atoms with E-state index < -0.39 is 5.91 Å². The van der Waals surface area contributed by atoms with Gasteiger partial charge in [-0.2, -0.15) is 0 Å². The molecule has 1 aromatic heterocycles. The van der Waals surface area contributed by atoms with E-state index >= 15 is 0 Å². The van der Waals surface area contributed by atoms with Gasteiger partial charge >= 0.3 is 0 Å². The van der Waals surface area contributed by atoms with Gasteiger partial charge in [-0.15, -0.1) is 5.10 Å². The van der Waals surface area contributed by atoms with Crippen LogP contribution in [0.15, 0.2) is 42.6 Å². The highest BCUT2D eigenvalue weighted by atomic mass is 16.5. The summed E-state index contributed by atoms with van der Waals surface area (Å²) in [6, 6.07) is 10.7. The third kappa shape index (κ3) is 5.22. The van der Waals surface area contributed by atoms with Gasteiger partial charge in [-0.05, 0) is 37.4 Å². The number of rotatable bonds is 8. The van der Waals surface area contributed by atoms with Crippen molar-refractivity contribution in [3.05, 3.63) is 53.9 Å². The van der Waals surface area contributed by atoms with Gasteiger partial charge in [-0.25, -0.2) is 10.2 Å². The van der Waals surface area contributed by atoms with Crippen LogP contribution in [0.4, 0.5) is 0 Å². The second-order valence-electron chi connectivity index (χ2n) is 6.74. The van der Waals surface area contributed by atoms with Crippen LogP contribution < -0.4 is 5.48 Å². The lowest BCUT2D eigenvalue weighted by Gasteiger charge is -2.22. The molecule has 0 aliphatic carbocycles. The summed E-state index contributed by atoms with van der Waals surface area (Å²) in [5, 5.41) is 26.4. The summed E-state index contributed by atoms with van der Waals surface area (Å²) in [6.07, 6.45) is 7.32. The molecule has 0 spiro atoms. The van der Waals surface area contributed by atoms with E-state index in [0.717, 1.165) is 32.4 Å². The minimum Gasteiger partial charge on any atom is -0.395 e. The summed E-state index contributed by atoms with van der Waals surface area (Å²) < 4.78 is 1.79. The van der Waals surface area contributed by atoms with Crippen molar-refractivity contribution in [1.82, 2.24) is 25.4 Å². The molecule has 8 heteroatoms. The Morgan fingerprint density at radius 3 is 2.89 bits per heavy atom. The fourth-order valence-corrected chi connectivity index (χ4v) is 3.49. The summed E-state index contributed by atoms with van der Waals surface area (Å²) in [5.41, 5.74) is 3.40.